The Morgan fingerprint density at radius 3 is 2.00 bits per heavy atom. The van der Waals surface area contributed by atoms with Crippen LogP contribution in [0, 0.1) is 0 Å². The van der Waals surface area contributed by atoms with Gasteiger partial charge in [-0.3, -0.25) is 4.70 Å². The maximum absolute atomic E-state index is 8.33. The average Bonchev–Trinajstić information content (AvgIpc) is 1.61. The van der Waals surface area contributed by atoms with Gasteiger partial charge in [-0.2, -0.15) is 0 Å². The fourth-order valence-electron chi connectivity index (χ4n) is 0.433. The van der Waals surface area contributed by atoms with E-state index in [-0.39, 0.29) is 13.5 Å². The van der Waals surface area contributed by atoms with Crippen molar-refractivity contribution in [1.29, 1.82) is 0 Å². The third-order valence-corrected chi connectivity index (χ3v) is 2.19. The Hall–Kier alpha value is 0.107. The molecule has 3 heteroatoms. The third-order valence-electron chi connectivity index (χ3n) is 0.835. The van der Waals surface area contributed by atoms with E-state index in [1.165, 1.54) is 6.04 Å². The Kier molecular flexibility index (Phi) is 9.75. The Labute approximate surface area is 51.7 Å². The summed E-state index contributed by atoms with van der Waals surface area (Å²) in [5, 5.41) is 8.33. The van der Waals surface area contributed by atoms with Crippen molar-refractivity contribution in [3.63, 3.8) is 0 Å². The highest BCUT2D eigenvalue weighted by Gasteiger charge is 1.91. The lowest BCUT2D eigenvalue weighted by atomic mass is 10.5. The molecule has 0 amide bonds. The van der Waals surface area contributed by atoms with E-state index in [9.17, 15) is 0 Å². The summed E-state index contributed by atoms with van der Waals surface area (Å²) in [6.45, 7) is 4.90. The Bertz CT molecular complexity index is 41.4. The van der Waals surface area contributed by atoms with E-state index in [2.05, 4.69) is 13.1 Å². The van der Waals surface area contributed by atoms with Crippen LogP contribution in [-0.4, -0.2) is 20.5 Å². The predicted octanol–water partition coefficient (Wildman–Crippen LogP) is 1.28. The van der Waals surface area contributed by atoms with Gasteiger partial charge in [0.15, 0.2) is 0 Å². The number of hydrogen-bond acceptors (Lipinski definition) is 1. The molecule has 51 valence electrons. The molecule has 0 fully saturated rings. The third kappa shape index (κ3) is 9.44. The van der Waals surface area contributed by atoms with E-state index in [4.69, 9.17) is 5.11 Å². The van der Waals surface area contributed by atoms with E-state index in [1.54, 1.807) is 0 Å². The van der Waals surface area contributed by atoms with Crippen molar-refractivity contribution >= 4 is 8.80 Å². The van der Waals surface area contributed by atoms with Gasteiger partial charge in [0.1, 0.15) is 0 Å². The number of aliphatic hydroxyl groups is 1. The van der Waals surface area contributed by atoms with Crippen LogP contribution in [0.3, 0.4) is 0 Å². The van der Waals surface area contributed by atoms with Crippen LogP contribution < -0.4 is 0 Å². The second-order valence-corrected chi connectivity index (χ2v) is 4.95. The minimum Gasteiger partial charge on any atom is -0.396 e. The second kappa shape index (κ2) is 7.11. The van der Waals surface area contributed by atoms with Gasteiger partial charge in [-0.05, 0) is 6.42 Å². The molecule has 0 unspecified atom stereocenters. The SMILES string of the molecule is C[Si](C)CCCO.F. The van der Waals surface area contributed by atoms with Crippen LogP contribution in [-0.2, 0) is 0 Å². The maximum Gasteiger partial charge on any atom is 0.0428 e. The van der Waals surface area contributed by atoms with Crippen molar-refractivity contribution in [3.05, 3.63) is 0 Å². The van der Waals surface area contributed by atoms with Crippen LogP contribution in [0.4, 0.5) is 4.70 Å². The fraction of sp³-hybridized carbons (Fsp3) is 1.00. The van der Waals surface area contributed by atoms with Crippen molar-refractivity contribution in [1.82, 2.24) is 0 Å². The molecule has 0 saturated heterocycles. The first-order valence-electron chi connectivity index (χ1n) is 2.67. The lowest BCUT2D eigenvalue weighted by molar-refractivity contribution is 0.294. The molecule has 0 saturated carbocycles. The molecule has 0 heterocycles. The highest BCUT2D eigenvalue weighted by molar-refractivity contribution is 6.55. The molecular weight excluding hydrogens is 123 g/mol. The molecule has 0 aliphatic carbocycles. The van der Waals surface area contributed by atoms with Crippen molar-refractivity contribution in [2.24, 2.45) is 0 Å². The summed E-state index contributed by atoms with van der Waals surface area (Å²) < 4.78 is 0. The molecule has 0 aromatic rings. The number of rotatable bonds is 3. The topological polar surface area (TPSA) is 20.2 Å². The summed E-state index contributed by atoms with van der Waals surface area (Å²) in [4.78, 5) is 0. The van der Waals surface area contributed by atoms with Crippen molar-refractivity contribution in [2.45, 2.75) is 25.6 Å². The summed E-state index contributed by atoms with van der Waals surface area (Å²) in [5.41, 5.74) is 0. The minimum absolute atomic E-state index is 0. The normalized spacial score (nSPS) is 9.00. The first kappa shape index (κ1) is 11.0. The zero-order valence-corrected chi connectivity index (χ0v) is 6.48. The molecule has 0 aromatic carbocycles. The Balaban J connectivity index is 0. The monoisotopic (exact) mass is 137 g/mol. The number of hydrogen-bond donors (Lipinski definition) is 1. The molecule has 1 radical (unpaired) electrons. The van der Waals surface area contributed by atoms with Gasteiger partial charge in [-0.25, -0.2) is 0 Å². The van der Waals surface area contributed by atoms with Crippen LogP contribution in [0.25, 0.3) is 0 Å². The highest BCUT2D eigenvalue weighted by Crippen LogP contribution is 1.93. The molecule has 0 aromatic heterocycles. The van der Waals surface area contributed by atoms with Crippen molar-refractivity contribution in [3.8, 4) is 0 Å². The molecular formula is C5H14FOSi. The average molecular weight is 137 g/mol. The fourth-order valence-corrected chi connectivity index (χ4v) is 1.30. The lowest BCUT2D eigenvalue weighted by Crippen LogP contribution is -1.99. The maximum atomic E-state index is 8.33. The summed E-state index contributed by atoms with van der Waals surface area (Å²) in [5.74, 6) is 0. The molecule has 0 rings (SSSR count). The first-order chi connectivity index (χ1) is 3.27. The van der Waals surface area contributed by atoms with E-state index in [1.807, 2.05) is 0 Å². The van der Waals surface area contributed by atoms with Crippen LogP contribution in [0.15, 0.2) is 0 Å². The second-order valence-electron chi connectivity index (χ2n) is 2.03. The van der Waals surface area contributed by atoms with Crippen LogP contribution in [0.2, 0.25) is 19.1 Å². The van der Waals surface area contributed by atoms with E-state index >= 15 is 0 Å². The van der Waals surface area contributed by atoms with Crippen molar-refractivity contribution < 1.29 is 9.81 Å². The predicted molar refractivity (Wildman–Crippen MR) is 36.5 cm³/mol. The van der Waals surface area contributed by atoms with Crippen molar-refractivity contribution in [2.75, 3.05) is 6.61 Å². The molecule has 0 atom stereocenters. The van der Waals surface area contributed by atoms with Gasteiger partial charge in [-0.1, -0.05) is 19.1 Å². The quantitative estimate of drug-likeness (QED) is 0.581. The Morgan fingerprint density at radius 1 is 1.38 bits per heavy atom. The zero-order valence-electron chi connectivity index (χ0n) is 5.48. The van der Waals surface area contributed by atoms with Gasteiger partial charge in [0.2, 0.25) is 0 Å². The van der Waals surface area contributed by atoms with Gasteiger partial charge in [0.25, 0.3) is 0 Å². The number of halogens is 1. The molecule has 0 spiro atoms. The molecule has 0 aliphatic rings. The van der Waals surface area contributed by atoms with Gasteiger partial charge in [-0.15, -0.1) is 0 Å². The van der Waals surface area contributed by atoms with E-state index in [0.29, 0.717) is 6.61 Å². The van der Waals surface area contributed by atoms with E-state index < -0.39 is 0 Å². The van der Waals surface area contributed by atoms with Crippen LogP contribution in [0.1, 0.15) is 6.42 Å². The van der Waals surface area contributed by atoms with Gasteiger partial charge < -0.3 is 5.11 Å². The molecule has 0 aliphatic heterocycles. The number of aliphatic hydroxyl groups excluding tert-OH is 1. The minimum atomic E-state index is -0.0573. The van der Waals surface area contributed by atoms with E-state index in [0.717, 1.165) is 6.42 Å². The lowest BCUT2D eigenvalue weighted by Gasteiger charge is -1.96. The molecule has 8 heavy (non-hydrogen) atoms. The molecule has 0 bridgehead atoms. The molecule has 1 nitrogen and oxygen atoms in total. The molecule has 1 N–H and O–H groups in total. The summed E-state index contributed by atoms with van der Waals surface area (Å²) >= 11 is 0. The summed E-state index contributed by atoms with van der Waals surface area (Å²) in [7, 11) is -0.0573. The van der Waals surface area contributed by atoms with Gasteiger partial charge in [0.05, 0.1) is 0 Å². The first-order valence-corrected chi connectivity index (χ1v) is 5.38. The smallest absolute Gasteiger partial charge is 0.0428 e. The standard InChI is InChI=1S/C5H13OSi.FH/c1-7(2)5-3-4-6;/h6H,3-5H2,1-2H3;1H. The van der Waals surface area contributed by atoms with Crippen LogP contribution in [0.5, 0.6) is 0 Å². The van der Waals surface area contributed by atoms with Gasteiger partial charge >= 0.3 is 0 Å². The highest BCUT2D eigenvalue weighted by atomic mass is 28.3. The largest absolute Gasteiger partial charge is 0.396 e. The zero-order chi connectivity index (χ0) is 5.70. The van der Waals surface area contributed by atoms with Gasteiger partial charge in [0, 0.05) is 15.4 Å². The van der Waals surface area contributed by atoms with Crippen LogP contribution >= 0.6 is 0 Å². The Morgan fingerprint density at radius 2 is 1.88 bits per heavy atom. The summed E-state index contributed by atoms with van der Waals surface area (Å²) in [6.07, 6.45) is 1.00. The summed E-state index contributed by atoms with van der Waals surface area (Å²) in [6, 6.07) is 1.25.